The number of halogens is 1. The Labute approximate surface area is 131 Å². The number of carbonyl (C=O) groups excluding carboxylic acids is 1. The Morgan fingerprint density at radius 2 is 2.10 bits per heavy atom. The summed E-state index contributed by atoms with van der Waals surface area (Å²) in [5.74, 6) is -0.595. The zero-order valence-corrected chi connectivity index (χ0v) is 13.4. The molecule has 1 atom stereocenters. The maximum atomic E-state index is 12.2. The van der Waals surface area contributed by atoms with Gasteiger partial charge in [-0.3, -0.25) is 9.59 Å². The lowest BCUT2D eigenvalue weighted by atomic mass is 9.74. The molecule has 21 heavy (non-hydrogen) atoms. The number of amides is 1. The highest BCUT2D eigenvalue weighted by atomic mass is 79.9. The lowest BCUT2D eigenvalue weighted by molar-refractivity contribution is -0.141. The van der Waals surface area contributed by atoms with E-state index in [0.29, 0.717) is 18.6 Å². The van der Waals surface area contributed by atoms with Crippen molar-refractivity contribution in [1.82, 2.24) is 5.32 Å². The van der Waals surface area contributed by atoms with E-state index in [2.05, 4.69) is 21.2 Å². The summed E-state index contributed by atoms with van der Waals surface area (Å²) in [5.41, 5.74) is -0.603. The van der Waals surface area contributed by atoms with Crippen molar-refractivity contribution < 1.29 is 19.4 Å². The second-order valence-electron chi connectivity index (χ2n) is 5.38. The average Bonchev–Trinajstić information content (AvgIpc) is 2.38. The van der Waals surface area contributed by atoms with Crippen LogP contribution in [0.25, 0.3) is 0 Å². The summed E-state index contributed by atoms with van der Waals surface area (Å²) in [5, 5.41) is 11.8. The van der Waals surface area contributed by atoms with Crippen LogP contribution < -0.4 is 10.1 Å². The van der Waals surface area contributed by atoms with Crippen LogP contribution in [0.2, 0.25) is 0 Å². The Balaban J connectivity index is 1.96. The number of carboxylic acids is 1. The third kappa shape index (κ3) is 3.97. The van der Waals surface area contributed by atoms with E-state index in [9.17, 15) is 9.59 Å². The molecule has 5 nitrogen and oxygen atoms in total. The first-order valence-electron chi connectivity index (χ1n) is 6.87. The minimum absolute atomic E-state index is 0.0412. The highest BCUT2D eigenvalue weighted by molar-refractivity contribution is 9.10. The molecule has 0 bridgehead atoms. The maximum absolute atomic E-state index is 12.2. The summed E-state index contributed by atoms with van der Waals surface area (Å²) in [7, 11) is 0. The highest BCUT2D eigenvalue weighted by Gasteiger charge is 2.41. The number of benzene rings is 1. The number of hydrogen-bond acceptors (Lipinski definition) is 3. The summed E-state index contributed by atoms with van der Waals surface area (Å²) >= 11 is 3.36. The predicted octanol–water partition coefficient (Wildman–Crippen LogP) is 2.73. The van der Waals surface area contributed by atoms with Crippen LogP contribution in [0.3, 0.4) is 0 Å². The van der Waals surface area contributed by atoms with Crippen LogP contribution >= 0.6 is 15.9 Å². The van der Waals surface area contributed by atoms with E-state index in [1.807, 2.05) is 18.2 Å². The molecule has 1 aliphatic carbocycles. The van der Waals surface area contributed by atoms with Crippen molar-refractivity contribution in [3.8, 4) is 5.75 Å². The molecule has 0 radical (unpaired) electrons. The number of aliphatic carboxylic acids is 1. The van der Waals surface area contributed by atoms with Gasteiger partial charge in [-0.05, 0) is 54.2 Å². The van der Waals surface area contributed by atoms with Crippen molar-refractivity contribution >= 4 is 27.8 Å². The summed E-state index contributed by atoms with van der Waals surface area (Å²) in [4.78, 5) is 23.1. The van der Waals surface area contributed by atoms with Gasteiger partial charge in [0.25, 0.3) is 5.91 Å². The molecule has 1 aromatic rings. The lowest BCUT2D eigenvalue weighted by Crippen LogP contribution is -2.57. The van der Waals surface area contributed by atoms with Crippen molar-refractivity contribution in [3.05, 3.63) is 28.7 Å². The van der Waals surface area contributed by atoms with Gasteiger partial charge in [-0.2, -0.15) is 0 Å². The van der Waals surface area contributed by atoms with Crippen LogP contribution in [-0.2, 0) is 9.59 Å². The SMILES string of the molecule is CC(Oc1ccccc1Br)C(=O)NC1(CC(=O)O)CCC1. The molecule has 0 aliphatic heterocycles. The molecule has 2 rings (SSSR count). The largest absolute Gasteiger partial charge is 0.481 e. The van der Waals surface area contributed by atoms with Gasteiger partial charge >= 0.3 is 5.97 Å². The summed E-state index contributed by atoms with van der Waals surface area (Å²) < 4.78 is 6.39. The summed E-state index contributed by atoms with van der Waals surface area (Å²) in [6.45, 7) is 1.65. The van der Waals surface area contributed by atoms with Crippen molar-refractivity contribution in [2.45, 2.75) is 44.2 Å². The Morgan fingerprint density at radius 3 is 2.62 bits per heavy atom. The van der Waals surface area contributed by atoms with Crippen molar-refractivity contribution in [3.63, 3.8) is 0 Å². The third-order valence-corrected chi connectivity index (χ3v) is 4.35. The molecular weight excluding hydrogens is 338 g/mol. The van der Waals surface area contributed by atoms with Crippen LogP contribution in [-0.4, -0.2) is 28.6 Å². The first kappa shape index (κ1) is 15.8. The lowest BCUT2D eigenvalue weighted by Gasteiger charge is -2.42. The van der Waals surface area contributed by atoms with Gasteiger partial charge in [0.2, 0.25) is 0 Å². The van der Waals surface area contributed by atoms with E-state index in [1.54, 1.807) is 13.0 Å². The number of para-hydroxylation sites is 1. The normalized spacial score (nSPS) is 17.4. The third-order valence-electron chi connectivity index (χ3n) is 3.70. The van der Waals surface area contributed by atoms with E-state index < -0.39 is 17.6 Å². The Bertz CT molecular complexity index is 542. The van der Waals surface area contributed by atoms with Gasteiger partial charge in [-0.1, -0.05) is 12.1 Å². The fourth-order valence-electron chi connectivity index (χ4n) is 2.39. The van der Waals surface area contributed by atoms with Gasteiger partial charge in [0.05, 0.1) is 16.4 Å². The fourth-order valence-corrected chi connectivity index (χ4v) is 2.76. The first-order chi connectivity index (χ1) is 9.92. The highest BCUT2D eigenvalue weighted by Crippen LogP contribution is 2.35. The number of carboxylic acid groups (broad SMARTS) is 1. The minimum Gasteiger partial charge on any atom is -0.481 e. The van der Waals surface area contributed by atoms with Gasteiger partial charge in [0, 0.05) is 0 Å². The second-order valence-corrected chi connectivity index (χ2v) is 6.24. The zero-order valence-electron chi connectivity index (χ0n) is 11.8. The van der Waals surface area contributed by atoms with E-state index in [4.69, 9.17) is 9.84 Å². The van der Waals surface area contributed by atoms with Crippen molar-refractivity contribution in [2.75, 3.05) is 0 Å². The van der Waals surface area contributed by atoms with Gasteiger partial charge in [0.15, 0.2) is 6.10 Å². The molecule has 1 fully saturated rings. The molecule has 0 aromatic heterocycles. The zero-order chi connectivity index (χ0) is 15.5. The fraction of sp³-hybridized carbons (Fsp3) is 0.467. The quantitative estimate of drug-likeness (QED) is 0.822. The summed E-state index contributed by atoms with van der Waals surface area (Å²) in [6, 6.07) is 7.28. The van der Waals surface area contributed by atoms with Crippen LogP contribution in [0.1, 0.15) is 32.6 Å². The molecule has 1 aromatic carbocycles. The van der Waals surface area contributed by atoms with E-state index >= 15 is 0 Å². The Morgan fingerprint density at radius 1 is 1.43 bits per heavy atom. The van der Waals surface area contributed by atoms with Gasteiger partial charge < -0.3 is 15.2 Å². The monoisotopic (exact) mass is 355 g/mol. The van der Waals surface area contributed by atoms with E-state index in [1.165, 1.54) is 0 Å². The standard InChI is InChI=1S/C15H18BrNO4/c1-10(21-12-6-3-2-5-11(12)16)14(20)17-15(7-4-8-15)9-13(18)19/h2-3,5-6,10H,4,7-9H2,1H3,(H,17,20)(H,18,19). The van der Waals surface area contributed by atoms with Crippen LogP contribution in [0, 0.1) is 0 Å². The molecule has 0 heterocycles. The molecule has 0 saturated heterocycles. The van der Waals surface area contributed by atoms with Gasteiger partial charge in [0.1, 0.15) is 5.75 Å². The molecule has 2 N–H and O–H groups in total. The molecule has 114 valence electrons. The second kappa shape index (κ2) is 6.47. The van der Waals surface area contributed by atoms with E-state index in [-0.39, 0.29) is 12.3 Å². The first-order valence-corrected chi connectivity index (χ1v) is 7.66. The molecule has 1 amide bonds. The topological polar surface area (TPSA) is 75.6 Å². The van der Waals surface area contributed by atoms with Crippen molar-refractivity contribution in [2.24, 2.45) is 0 Å². The smallest absolute Gasteiger partial charge is 0.305 e. The van der Waals surface area contributed by atoms with E-state index in [0.717, 1.165) is 10.9 Å². The molecule has 1 saturated carbocycles. The van der Waals surface area contributed by atoms with Gasteiger partial charge in [-0.25, -0.2) is 0 Å². The summed E-state index contributed by atoms with van der Waals surface area (Å²) in [6.07, 6.45) is 1.61. The van der Waals surface area contributed by atoms with Crippen molar-refractivity contribution in [1.29, 1.82) is 0 Å². The number of ether oxygens (including phenoxy) is 1. The van der Waals surface area contributed by atoms with Crippen LogP contribution in [0.15, 0.2) is 28.7 Å². The molecule has 6 heteroatoms. The van der Waals surface area contributed by atoms with Gasteiger partial charge in [-0.15, -0.1) is 0 Å². The Hall–Kier alpha value is -1.56. The number of rotatable bonds is 6. The predicted molar refractivity (Wildman–Crippen MR) is 81.2 cm³/mol. The van der Waals surface area contributed by atoms with Crippen LogP contribution in [0.4, 0.5) is 0 Å². The molecule has 1 aliphatic rings. The number of nitrogens with one attached hydrogen (secondary N) is 1. The average molecular weight is 356 g/mol. The molecule has 1 unspecified atom stereocenters. The Kier molecular flexibility index (Phi) is 4.88. The minimum atomic E-state index is -0.894. The number of hydrogen-bond donors (Lipinski definition) is 2. The molecule has 0 spiro atoms. The molecular formula is C15H18BrNO4. The van der Waals surface area contributed by atoms with Crippen LogP contribution in [0.5, 0.6) is 5.75 Å². The maximum Gasteiger partial charge on any atom is 0.305 e. The number of carbonyl (C=O) groups is 2.